The molecule has 8 nitrogen and oxygen atoms in total. The van der Waals surface area contributed by atoms with E-state index in [-0.39, 0.29) is 5.56 Å². The summed E-state index contributed by atoms with van der Waals surface area (Å²) in [6, 6.07) is 4.42. The van der Waals surface area contributed by atoms with Crippen LogP contribution in [-0.4, -0.2) is 40.7 Å². The molecule has 2 N–H and O–H groups in total. The predicted octanol–water partition coefficient (Wildman–Crippen LogP) is 1.36. The Labute approximate surface area is 158 Å². The van der Waals surface area contributed by atoms with Gasteiger partial charge in [0, 0.05) is 28.6 Å². The molecule has 0 radical (unpaired) electrons. The summed E-state index contributed by atoms with van der Waals surface area (Å²) >= 11 is 1.08. The first kappa shape index (κ1) is 20.6. The van der Waals surface area contributed by atoms with E-state index in [1.807, 2.05) is 0 Å². The lowest BCUT2D eigenvalue weighted by Gasteiger charge is -2.07. The van der Waals surface area contributed by atoms with Gasteiger partial charge in [0.25, 0.3) is 5.56 Å². The fourth-order valence-corrected chi connectivity index (χ4v) is 4.79. The molecule has 2 aromatic heterocycles. The van der Waals surface area contributed by atoms with Crippen molar-refractivity contribution in [2.75, 3.05) is 5.75 Å². The van der Waals surface area contributed by atoms with E-state index in [4.69, 9.17) is 5.11 Å². The van der Waals surface area contributed by atoms with E-state index in [2.05, 4.69) is 0 Å². The van der Waals surface area contributed by atoms with Crippen molar-refractivity contribution in [1.82, 2.24) is 4.57 Å². The number of rotatable bonds is 7. The van der Waals surface area contributed by atoms with Gasteiger partial charge in [-0.2, -0.15) is 0 Å². The third kappa shape index (κ3) is 5.14. The summed E-state index contributed by atoms with van der Waals surface area (Å²) < 4.78 is 24.6. The van der Waals surface area contributed by atoms with Crippen LogP contribution in [0.5, 0.6) is 5.75 Å². The van der Waals surface area contributed by atoms with Gasteiger partial charge in [-0.25, -0.2) is 8.42 Å². The summed E-state index contributed by atoms with van der Waals surface area (Å²) in [5.74, 6) is -3.87. The van der Waals surface area contributed by atoms with Gasteiger partial charge in [0.2, 0.25) is 0 Å². The molecular weight excluding hydrogens is 394 g/mol. The fourth-order valence-electron chi connectivity index (χ4n) is 2.29. The summed E-state index contributed by atoms with van der Waals surface area (Å²) in [5.41, 5.74) is -0.461. The number of aromatic hydroxyl groups is 1. The molecule has 0 saturated heterocycles. The van der Waals surface area contributed by atoms with E-state index in [0.717, 1.165) is 17.4 Å². The number of allylic oxidation sites excluding steroid dienone is 1. The normalized spacial score (nSPS) is 11.8. The number of nitrogens with zero attached hydrogens (tertiary/aromatic N) is 1. The van der Waals surface area contributed by atoms with Crippen molar-refractivity contribution in [3.8, 4) is 5.75 Å². The minimum absolute atomic E-state index is 0.347. The van der Waals surface area contributed by atoms with Gasteiger partial charge in [0.1, 0.15) is 17.1 Å². The van der Waals surface area contributed by atoms with Gasteiger partial charge in [0.05, 0.1) is 5.75 Å². The van der Waals surface area contributed by atoms with Gasteiger partial charge in [-0.05, 0) is 31.2 Å². The van der Waals surface area contributed by atoms with Gasteiger partial charge in [-0.15, -0.1) is 11.3 Å². The lowest BCUT2D eigenvalue weighted by atomic mass is 10.1. The Morgan fingerprint density at radius 1 is 1.30 bits per heavy atom. The first-order chi connectivity index (χ1) is 12.5. The maximum atomic E-state index is 12.3. The number of thiophene rings is 1. The second-order valence-electron chi connectivity index (χ2n) is 5.84. The summed E-state index contributed by atoms with van der Waals surface area (Å²) in [7, 11) is -2.29. The highest BCUT2D eigenvalue weighted by atomic mass is 32.2. The topological polar surface area (TPSA) is 131 Å². The molecule has 0 amide bonds. The summed E-state index contributed by atoms with van der Waals surface area (Å²) in [5, 5.41) is 18.5. The molecule has 2 rings (SSSR count). The number of carboxylic acids is 1. The Morgan fingerprint density at radius 2 is 1.96 bits per heavy atom. The van der Waals surface area contributed by atoms with Crippen LogP contribution in [0.4, 0.5) is 0 Å². The van der Waals surface area contributed by atoms with Crippen LogP contribution in [-0.2, 0) is 27.4 Å². The Morgan fingerprint density at radius 3 is 2.59 bits per heavy atom. The average molecular weight is 411 g/mol. The van der Waals surface area contributed by atoms with E-state index < -0.39 is 44.4 Å². The number of ketones is 1. The van der Waals surface area contributed by atoms with Crippen molar-refractivity contribution < 1.29 is 28.2 Å². The van der Waals surface area contributed by atoms with Crippen LogP contribution < -0.4 is 5.56 Å². The predicted molar refractivity (Wildman–Crippen MR) is 101 cm³/mol. The first-order valence-electron chi connectivity index (χ1n) is 7.63. The van der Waals surface area contributed by atoms with Crippen molar-refractivity contribution in [2.24, 2.45) is 7.05 Å². The highest BCUT2D eigenvalue weighted by molar-refractivity contribution is 7.91. The summed E-state index contributed by atoms with van der Waals surface area (Å²) in [4.78, 5) is 35.9. The molecule has 0 aliphatic rings. The molecule has 0 bridgehead atoms. The number of aliphatic carboxylic acids is 1. The summed E-state index contributed by atoms with van der Waals surface area (Å²) in [6.07, 6.45) is 2.52. The molecule has 27 heavy (non-hydrogen) atoms. The van der Waals surface area contributed by atoms with E-state index in [1.165, 1.54) is 29.8 Å². The Kier molecular flexibility index (Phi) is 6.01. The van der Waals surface area contributed by atoms with E-state index in [1.54, 1.807) is 13.0 Å². The van der Waals surface area contributed by atoms with E-state index in [9.17, 15) is 27.9 Å². The highest BCUT2D eigenvalue weighted by Crippen LogP contribution is 2.21. The van der Waals surface area contributed by atoms with Crippen LogP contribution in [0.2, 0.25) is 0 Å². The molecule has 2 heterocycles. The Balaban J connectivity index is 2.20. The van der Waals surface area contributed by atoms with Crippen molar-refractivity contribution in [1.29, 1.82) is 0 Å². The number of pyridine rings is 1. The Bertz CT molecular complexity index is 1090. The Hall–Kier alpha value is -2.72. The molecular formula is C17H17NO7S2. The monoisotopic (exact) mass is 411 g/mol. The zero-order chi connectivity index (χ0) is 20.4. The molecule has 0 saturated carbocycles. The fraction of sp³-hybridized carbons (Fsp3) is 0.235. The lowest BCUT2D eigenvalue weighted by Crippen LogP contribution is -2.25. The maximum Gasteiger partial charge on any atom is 0.318 e. The smallest absolute Gasteiger partial charge is 0.318 e. The molecule has 0 atom stereocenters. The average Bonchev–Trinajstić information content (AvgIpc) is 2.96. The number of carboxylic acid groups (broad SMARTS) is 1. The molecule has 0 aliphatic heterocycles. The van der Waals surface area contributed by atoms with Crippen molar-refractivity contribution in [2.45, 2.75) is 12.7 Å². The van der Waals surface area contributed by atoms with E-state index in [0.29, 0.717) is 15.4 Å². The minimum Gasteiger partial charge on any atom is -0.507 e. The van der Waals surface area contributed by atoms with E-state index >= 15 is 0 Å². The van der Waals surface area contributed by atoms with Crippen molar-refractivity contribution >= 4 is 39.0 Å². The van der Waals surface area contributed by atoms with Crippen LogP contribution >= 0.6 is 11.3 Å². The van der Waals surface area contributed by atoms with Crippen LogP contribution in [0.3, 0.4) is 0 Å². The largest absolute Gasteiger partial charge is 0.507 e. The SMILES string of the molecule is Cc1cc(O)c(C(=O)C=Cc2ccc(CS(=O)(=O)CC(=O)O)s2)c(=O)n1C. The minimum atomic E-state index is -3.77. The van der Waals surface area contributed by atoms with Gasteiger partial charge >= 0.3 is 5.97 Å². The van der Waals surface area contributed by atoms with Crippen molar-refractivity contribution in [3.63, 3.8) is 0 Å². The number of hydrogen-bond donors (Lipinski definition) is 2. The van der Waals surface area contributed by atoms with Gasteiger partial charge in [0.15, 0.2) is 15.6 Å². The second-order valence-corrected chi connectivity index (χ2v) is 9.10. The molecule has 0 fully saturated rings. The van der Waals surface area contributed by atoms with Gasteiger partial charge in [-0.1, -0.05) is 0 Å². The second kappa shape index (κ2) is 7.89. The van der Waals surface area contributed by atoms with Gasteiger partial charge < -0.3 is 14.8 Å². The van der Waals surface area contributed by atoms with Crippen LogP contribution in [0.15, 0.2) is 29.1 Å². The third-order valence-corrected chi connectivity index (χ3v) is 6.35. The molecule has 0 unspecified atom stereocenters. The maximum absolute atomic E-state index is 12.3. The lowest BCUT2D eigenvalue weighted by molar-refractivity contribution is -0.134. The van der Waals surface area contributed by atoms with Crippen LogP contribution in [0, 0.1) is 6.92 Å². The van der Waals surface area contributed by atoms with Crippen LogP contribution in [0.1, 0.15) is 25.8 Å². The molecule has 0 spiro atoms. The van der Waals surface area contributed by atoms with Crippen LogP contribution in [0.25, 0.3) is 6.08 Å². The molecule has 0 aromatic carbocycles. The molecule has 10 heteroatoms. The summed E-state index contributed by atoms with van der Waals surface area (Å²) in [6.45, 7) is 1.62. The number of aromatic nitrogens is 1. The quantitative estimate of drug-likeness (QED) is 0.519. The number of hydrogen-bond acceptors (Lipinski definition) is 7. The van der Waals surface area contributed by atoms with Crippen molar-refractivity contribution in [3.05, 3.63) is 55.6 Å². The highest BCUT2D eigenvalue weighted by Gasteiger charge is 2.18. The van der Waals surface area contributed by atoms with Gasteiger partial charge in [-0.3, -0.25) is 14.4 Å². The third-order valence-electron chi connectivity index (χ3n) is 3.68. The zero-order valence-electron chi connectivity index (χ0n) is 14.5. The molecule has 144 valence electrons. The molecule has 2 aromatic rings. The zero-order valence-corrected chi connectivity index (χ0v) is 16.1. The number of aryl methyl sites for hydroxylation is 1. The number of carbonyl (C=O) groups is 2. The number of carbonyl (C=O) groups excluding carboxylic acids is 1. The number of sulfone groups is 1. The standard InChI is InChI=1S/C17H17NO7S2/c1-10-7-14(20)16(17(23)18(10)2)13(19)6-5-11-3-4-12(26-11)8-27(24,25)9-15(21)22/h3-7,20H,8-9H2,1-2H3,(H,21,22). The first-order valence-corrected chi connectivity index (χ1v) is 10.3. The molecule has 0 aliphatic carbocycles.